The highest BCUT2D eigenvalue weighted by Gasteiger charge is 2.18. The van der Waals surface area contributed by atoms with Crippen LogP contribution >= 0.6 is 15.9 Å². The summed E-state index contributed by atoms with van der Waals surface area (Å²) >= 11 is 3.16. The first-order valence-electron chi connectivity index (χ1n) is 8.85. The lowest BCUT2D eigenvalue weighted by Crippen LogP contribution is -2.31. The van der Waals surface area contributed by atoms with Crippen LogP contribution in [0, 0.1) is 19.7 Å². The van der Waals surface area contributed by atoms with Crippen molar-refractivity contribution >= 4 is 27.5 Å². The van der Waals surface area contributed by atoms with Crippen LogP contribution in [0.25, 0.3) is 5.69 Å². The molecule has 0 aliphatic heterocycles. The van der Waals surface area contributed by atoms with E-state index in [2.05, 4.69) is 26.3 Å². The van der Waals surface area contributed by atoms with Crippen molar-refractivity contribution in [2.75, 3.05) is 5.32 Å². The summed E-state index contributed by atoms with van der Waals surface area (Å²) in [7, 11) is 0. The van der Waals surface area contributed by atoms with Crippen LogP contribution in [-0.2, 0) is 4.79 Å². The van der Waals surface area contributed by atoms with E-state index >= 15 is 0 Å². The Balaban J connectivity index is 1.78. The van der Waals surface area contributed by atoms with Crippen molar-refractivity contribution < 1.29 is 13.9 Å². The minimum absolute atomic E-state index is 0.0432. The van der Waals surface area contributed by atoms with Crippen LogP contribution in [0.2, 0.25) is 0 Å². The third kappa shape index (κ3) is 4.89. The summed E-state index contributed by atoms with van der Waals surface area (Å²) < 4.78 is 21.3. The van der Waals surface area contributed by atoms with Gasteiger partial charge in [-0.3, -0.25) is 9.59 Å². The number of amides is 1. The first-order chi connectivity index (χ1) is 13.7. The molecule has 1 N–H and O–H groups in total. The number of hydrogen-bond acceptors (Lipinski definition) is 4. The molecule has 2 aromatic carbocycles. The molecule has 29 heavy (non-hydrogen) atoms. The van der Waals surface area contributed by atoms with Gasteiger partial charge in [-0.25, -0.2) is 4.39 Å². The summed E-state index contributed by atoms with van der Waals surface area (Å²) in [5, 5.41) is 6.67. The summed E-state index contributed by atoms with van der Waals surface area (Å²) in [5.41, 5.74) is 2.43. The summed E-state index contributed by atoms with van der Waals surface area (Å²) in [6.45, 7) is 5.43. The standard InChI is InChI=1S/C21H19BrFN3O3/c1-12-4-6-16(10-13(12)2)26-20(27)9-8-19(25-26)29-14(3)21(28)24-18-7-5-15(22)11-17(18)23/h4-11,14H,1-3H3,(H,24,28)/t14-/m1/s1. The Hall–Kier alpha value is -3.00. The summed E-state index contributed by atoms with van der Waals surface area (Å²) in [4.78, 5) is 24.6. The van der Waals surface area contributed by atoms with Gasteiger partial charge in [-0.2, -0.15) is 4.68 Å². The topological polar surface area (TPSA) is 73.2 Å². The Labute approximate surface area is 175 Å². The molecule has 6 nitrogen and oxygen atoms in total. The molecule has 1 heterocycles. The molecule has 1 atom stereocenters. The SMILES string of the molecule is Cc1ccc(-n2nc(O[C@H](C)C(=O)Nc3ccc(Br)cc3F)ccc2=O)cc1C. The van der Waals surface area contributed by atoms with Crippen LogP contribution in [0.1, 0.15) is 18.1 Å². The summed E-state index contributed by atoms with van der Waals surface area (Å²) in [6.07, 6.45) is -0.962. The lowest BCUT2D eigenvalue weighted by molar-refractivity contribution is -0.122. The molecular formula is C21H19BrFN3O3. The second-order valence-corrected chi connectivity index (χ2v) is 7.48. The fourth-order valence-corrected chi connectivity index (χ4v) is 2.89. The first-order valence-corrected chi connectivity index (χ1v) is 9.64. The number of ether oxygens (including phenoxy) is 1. The van der Waals surface area contributed by atoms with Gasteiger partial charge in [0.2, 0.25) is 5.88 Å². The van der Waals surface area contributed by atoms with Crippen LogP contribution in [-0.4, -0.2) is 21.8 Å². The largest absolute Gasteiger partial charge is 0.463 e. The van der Waals surface area contributed by atoms with Crippen molar-refractivity contribution in [2.24, 2.45) is 0 Å². The summed E-state index contributed by atoms with van der Waals surface area (Å²) in [6, 6.07) is 12.6. The monoisotopic (exact) mass is 459 g/mol. The van der Waals surface area contributed by atoms with Crippen molar-refractivity contribution in [1.29, 1.82) is 0 Å². The number of halogens is 2. The number of benzene rings is 2. The average Bonchev–Trinajstić information content (AvgIpc) is 2.67. The number of nitrogens with zero attached hydrogens (tertiary/aromatic N) is 2. The fourth-order valence-electron chi connectivity index (χ4n) is 2.56. The molecule has 0 bridgehead atoms. The highest BCUT2D eigenvalue weighted by molar-refractivity contribution is 9.10. The number of hydrogen-bond donors (Lipinski definition) is 1. The van der Waals surface area contributed by atoms with Crippen molar-refractivity contribution in [1.82, 2.24) is 9.78 Å². The molecule has 0 saturated heterocycles. The maximum atomic E-state index is 13.9. The lowest BCUT2D eigenvalue weighted by Gasteiger charge is -2.15. The maximum absolute atomic E-state index is 13.9. The normalized spacial score (nSPS) is 11.8. The van der Waals surface area contributed by atoms with Crippen molar-refractivity contribution in [3.05, 3.63) is 80.3 Å². The molecular weight excluding hydrogens is 441 g/mol. The van der Waals surface area contributed by atoms with Gasteiger partial charge in [0, 0.05) is 16.6 Å². The van der Waals surface area contributed by atoms with Crippen molar-refractivity contribution in [2.45, 2.75) is 26.9 Å². The Bertz CT molecular complexity index is 1130. The molecule has 0 aliphatic rings. The van der Waals surface area contributed by atoms with Crippen LogP contribution in [0.3, 0.4) is 0 Å². The highest BCUT2D eigenvalue weighted by atomic mass is 79.9. The molecule has 0 unspecified atom stereocenters. The van der Waals surface area contributed by atoms with E-state index in [0.29, 0.717) is 10.2 Å². The number of aromatic nitrogens is 2. The molecule has 8 heteroatoms. The predicted molar refractivity (Wildman–Crippen MR) is 112 cm³/mol. The van der Waals surface area contributed by atoms with Gasteiger partial charge in [0.15, 0.2) is 6.10 Å². The Kier molecular flexibility index (Phi) is 6.12. The van der Waals surface area contributed by atoms with Crippen LogP contribution in [0.4, 0.5) is 10.1 Å². The quantitative estimate of drug-likeness (QED) is 0.621. The Morgan fingerprint density at radius 3 is 2.59 bits per heavy atom. The van der Waals surface area contributed by atoms with E-state index in [4.69, 9.17) is 4.74 Å². The number of carbonyl (C=O) groups excluding carboxylic acids is 1. The van der Waals surface area contributed by atoms with Crippen LogP contribution < -0.4 is 15.6 Å². The van der Waals surface area contributed by atoms with E-state index in [1.807, 2.05) is 26.0 Å². The summed E-state index contributed by atoms with van der Waals surface area (Å²) in [5.74, 6) is -1.01. The Morgan fingerprint density at radius 1 is 1.14 bits per heavy atom. The van der Waals surface area contributed by atoms with Crippen LogP contribution in [0.15, 0.2) is 57.8 Å². The van der Waals surface area contributed by atoms with Gasteiger partial charge in [0.1, 0.15) is 5.82 Å². The van der Waals surface area contributed by atoms with Gasteiger partial charge >= 0.3 is 0 Å². The second kappa shape index (κ2) is 8.57. The number of anilines is 1. The molecule has 0 fully saturated rings. The average molecular weight is 460 g/mol. The smallest absolute Gasteiger partial charge is 0.271 e. The van der Waals surface area contributed by atoms with E-state index in [1.165, 1.54) is 35.9 Å². The molecule has 1 amide bonds. The van der Waals surface area contributed by atoms with Gasteiger partial charge in [-0.1, -0.05) is 22.0 Å². The van der Waals surface area contributed by atoms with Gasteiger partial charge in [0.05, 0.1) is 11.4 Å². The minimum atomic E-state index is -0.962. The van der Waals surface area contributed by atoms with E-state index in [-0.39, 0.29) is 17.1 Å². The number of nitrogens with one attached hydrogen (secondary N) is 1. The van der Waals surface area contributed by atoms with Crippen molar-refractivity contribution in [3.8, 4) is 11.6 Å². The van der Waals surface area contributed by atoms with Gasteiger partial charge in [0.25, 0.3) is 11.5 Å². The fraction of sp³-hybridized carbons (Fsp3) is 0.190. The van der Waals surface area contributed by atoms with E-state index in [9.17, 15) is 14.0 Å². The molecule has 0 aliphatic carbocycles. The number of aryl methyl sites for hydroxylation is 2. The van der Waals surface area contributed by atoms with E-state index < -0.39 is 17.8 Å². The lowest BCUT2D eigenvalue weighted by atomic mass is 10.1. The maximum Gasteiger partial charge on any atom is 0.271 e. The molecule has 0 radical (unpaired) electrons. The third-order valence-corrected chi connectivity index (χ3v) is 4.86. The molecule has 0 saturated carbocycles. The number of rotatable bonds is 5. The van der Waals surface area contributed by atoms with Gasteiger partial charge in [-0.15, -0.1) is 5.10 Å². The number of carbonyl (C=O) groups is 1. The predicted octanol–water partition coefficient (Wildman–Crippen LogP) is 4.16. The van der Waals surface area contributed by atoms with Gasteiger partial charge in [-0.05, 0) is 62.2 Å². The van der Waals surface area contributed by atoms with Crippen molar-refractivity contribution in [3.63, 3.8) is 0 Å². The Morgan fingerprint density at radius 2 is 1.90 bits per heavy atom. The van der Waals surface area contributed by atoms with E-state index in [1.54, 1.807) is 12.1 Å². The molecule has 1 aromatic heterocycles. The molecule has 0 spiro atoms. The zero-order chi connectivity index (χ0) is 21.1. The molecule has 150 valence electrons. The van der Waals surface area contributed by atoms with E-state index in [0.717, 1.165) is 11.1 Å². The zero-order valence-electron chi connectivity index (χ0n) is 16.1. The third-order valence-electron chi connectivity index (χ3n) is 4.37. The second-order valence-electron chi connectivity index (χ2n) is 6.56. The first kappa shape index (κ1) is 20.7. The minimum Gasteiger partial charge on any atom is -0.463 e. The molecule has 3 rings (SSSR count). The highest BCUT2D eigenvalue weighted by Crippen LogP contribution is 2.20. The molecule has 3 aromatic rings. The van der Waals surface area contributed by atoms with Gasteiger partial charge < -0.3 is 10.1 Å². The van der Waals surface area contributed by atoms with Crippen LogP contribution in [0.5, 0.6) is 5.88 Å². The zero-order valence-corrected chi connectivity index (χ0v) is 17.7.